The minimum atomic E-state index is -4.68. The van der Waals surface area contributed by atoms with E-state index in [1.165, 1.54) is 24.3 Å². The van der Waals surface area contributed by atoms with Crippen LogP contribution in [0.2, 0.25) is 0 Å². The van der Waals surface area contributed by atoms with Crippen LogP contribution >= 0.6 is 0 Å². The van der Waals surface area contributed by atoms with Crippen LogP contribution in [0.4, 0.5) is 13.2 Å². The van der Waals surface area contributed by atoms with Crippen molar-refractivity contribution in [3.05, 3.63) is 29.8 Å². The molecule has 7 heteroatoms. The zero-order valence-corrected chi connectivity index (χ0v) is 14.6. The van der Waals surface area contributed by atoms with Crippen LogP contribution in [-0.4, -0.2) is 27.5 Å². The second kappa shape index (κ2) is 7.95. The van der Waals surface area contributed by atoms with Gasteiger partial charge in [-0.05, 0) is 51.5 Å². The average molecular weight is 349 g/mol. The number of halogens is 3. The van der Waals surface area contributed by atoms with Gasteiger partial charge in [-0.15, -0.1) is 0 Å². The normalized spacial score (nSPS) is 14.7. The molecule has 0 saturated carbocycles. The summed E-state index contributed by atoms with van der Waals surface area (Å²) in [5.41, 5.74) is -1.26. The largest absolute Gasteiger partial charge is 0.494 e. The Hall–Kier alpha value is -1.37. The minimum Gasteiger partial charge on any atom is -0.494 e. The molecule has 0 spiro atoms. The molecule has 0 radical (unpaired) electrons. The third kappa shape index (κ3) is 6.33. The summed E-state index contributed by atoms with van der Waals surface area (Å²) in [5.74, 6) is 0.501. The van der Waals surface area contributed by atoms with Gasteiger partial charge in [0.05, 0.1) is 11.4 Å². The Morgan fingerprint density at radius 2 is 1.74 bits per heavy atom. The van der Waals surface area contributed by atoms with Gasteiger partial charge in [-0.25, -0.2) is 4.21 Å². The first-order valence-corrected chi connectivity index (χ1v) is 8.47. The summed E-state index contributed by atoms with van der Waals surface area (Å²) in [6.07, 6.45) is -2.82. The molecule has 0 bridgehead atoms. The standard InChI is InChI=1S/C16H22F3NO2S/c1-5-6-11-22-13-9-7-12(8-10-13)14(16(17,18)19)20-23(21)15(2,3)4/h7-10H,5-6,11H2,1-4H3/t23-/m0/s1. The fourth-order valence-electron chi connectivity index (χ4n) is 1.53. The van der Waals surface area contributed by atoms with Crippen LogP contribution in [0, 0.1) is 0 Å². The van der Waals surface area contributed by atoms with Crippen molar-refractivity contribution < 1.29 is 22.1 Å². The number of alkyl halides is 3. The Morgan fingerprint density at radius 3 is 2.17 bits per heavy atom. The first kappa shape index (κ1) is 19.7. The Labute approximate surface area is 137 Å². The van der Waals surface area contributed by atoms with Crippen LogP contribution in [0.1, 0.15) is 46.1 Å². The molecule has 0 N–H and O–H groups in total. The lowest BCUT2D eigenvalue weighted by Crippen LogP contribution is -2.28. The van der Waals surface area contributed by atoms with Crippen molar-refractivity contribution in [3.8, 4) is 5.75 Å². The van der Waals surface area contributed by atoms with Gasteiger partial charge in [-0.1, -0.05) is 13.3 Å². The monoisotopic (exact) mass is 349 g/mol. The van der Waals surface area contributed by atoms with Crippen molar-refractivity contribution in [1.29, 1.82) is 0 Å². The number of nitrogens with zero attached hydrogens (tertiary/aromatic N) is 1. The van der Waals surface area contributed by atoms with Gasteiger partial charge in [0, 0.05) is 5.56 Å². The Bertz CT molecular complexity index is 560. The topological polar surface area (TPSA) is 38.7 Å². The van der Waals surface area contributed by atoms with Gasteiger partial charge in [-0.2, -0.15) is 17.6 Å². The zero-order chi connectivity index (χ0) is 17.7. The molecule has 3 nitrogen and oxygen atoms in total. The van der Waals surface area contributed by atoms with Gasteiger partial charge in [0.1, 0.15) is 16.7 Å². The predicted octanol–water partition coefficient (Wildman–Crippen LogP) is 4.68. The summed E-state index contributed by atoms with van der Waals surface area (Å²) in [5, 5.41) is 0. The van der Waals surface area contributed by atoms with E-state index < -0.39 is 27.6 Å². The van der Waals surface area contributed by atoms with Crippen molar-refractivity contribution in [2.75, 3.05) is 6.61 Å². The fourth-order valence-corrected chi connectivity index (χ4v) is 2.18. The number of hydrogen-bond donors (Lipinski definition) is 0. The molecule has 0 aromatic heterocycles. The molecular weight excluding hydrogens is 327 g/mol. The molecule has 0 heterocycles. The maximum Gasteiger partial charge on any atom is 0.434 e. The first-order valence-electron chi connectivity index (χ1n) is 7.37. The van der Waals surface area contributed by atoms with E-state index in [1.54, 1.807) is 20.8 Å². The van der Waals surface area contributed by atoms with Crippen LogP contribution in [0.15, 0.2) is 28.7 Å². The van der Waals surface area contributed by atoms with E-state index >= 15 is 0 Å². The minimum absolute atomic E-state index is 0.127. The van der Waals surface area contributed by atoms with Crippen molar-refractivity contribution in [2.24, 2.45) is 4.40 Å². The summed E-state index contributed by atoms with van der Waals surface area (Å²) in [4.78, 5) is 0. The summed E-state index contributed by atoms with van der Waals surface area (Å²) in [6.45, 7) is 7.26. The van der Waals surface area contributed by atoms with E-state index in [2.05, 4.69) is 4.40 Å². The molecule has 23 heavy (non-hydrogen) atoms. The Balaban J connectivity index is 3.05. The fraction of sp³-hybridized carbons (Fsp3) is 0.562. The maximum atomic E-state index is 13.2. The van der Waals surface area contributed by atoms with Gasteiger partial charge < -0.3 is 4.74 Å². The lowest BCUT2D eigenvalue weighted by Gasteiger charge is -2.16. The predicted molar refractivity (Wildman–Crippen MR) is 87.3 cm³/mol. The molecule has 1 rings (SSSR count). The van der Waals surface area contributed by atoms with Crippen LogP contribution in [0.25, 0.3) is 0 Å². The van der Waals surface area contributed by atoms with Crippen molar-refractivity contribution in [1.82, 2.24) is 0 Å². The lowest BCUT2D eigenvalue weighted by molar-refractivity contribution is -0.0578. The molecule has 0 aliphatic carbocycles. The highest BCUT2D eigenvalue weighted by Gasteiger charge is 2.38. The maximum absolute atomic E-state index is 13.2. The molecule has 130 valence electrons. The van der Waals surface area contributed by atoms with E-state index in [0.29, 0.717) is 12.4 Å². The molecule has 0 amide bonds. The van der Waals surface area contributed by atoms with E-state index in [1.807, 2.05) is 6.92 Å². The van der Waals surface area contributed by atoms with Crippen LogP contribution < -0.4 is 4.74 Å². The van der Waals surface area contributed by atoms with Gasteiger partial charge in [0.25, 0.3) is 0 Å². The van der Waals surface area contributed by atoms with Crippen molar-refractivity contribution in [3.63, 3.8) is 0 Å². The second-order valence-corrected chi connectivity index (χ2v) is 7.93. The molecule has 0 fully saturated rings. The highest BCUT2D eigenvalue weighted by atomic mass is 32.2. The Kier molecular flexibility index (Phi) is 6.80. The van der Waals surface area contributed by atoms with Gasteiger partial charge in [0.15, 0.2) is 5.71 Å². The summed E-state index contributed by atoms with van der Waals surface area (Å²) in [7, 11) is -1.99. The van der Waals surface area contributed by atoms with Crippen LogP contribution in [0.5, 0.6) is 5.75 Å². The third-order valence-corrected chi connectivity index (χ3v) is 4.26. The number of unbranched alkanes of at least 4 members (excludes halogenated alkanes) is 1. The van der Waals surface area contributed by atoms with Gasteiger partial charge >= 0.3 is 6.18 Å². The second-order valence-electron chi connectivity index (χ2n) is 6.03. The number of ether oxygens (including phenoxy) is 1. The number of hydrogen-bond acceptors (Lipinski definition) is 2. The summed E-state index contributed by atoms with van der Waals surface area (Å²) < 4.78 is 59.5. The highest BCUT2D eigenvalue weighted by Crippen LogP contribution is 2.26. The first-order chi connectivity index (χ1) is 10.6. The smallest absolute Gasteiger partial charge is 0.434 e. The molecule has 0 unspecified atom stereocenters. The van der Waals surface area contributed by atoms with Gasteiger partial charge in [-0.3, -0.25) is 0 Å². The number of rotatable bonds is 6. The average Bonchev–Trinajstić information content (AvgIpc) is 2.43. The van der Waals surface area contributed by atoms with Crippen molar-refractivity contribution in [2.45, 2.75) is 51.5 Å². The zero-order valence-electron chi connectivity index (χ0n) is 13.7. The van der Waals surface area contributed by atoms with Crippen LogP contribution in [0.3, 0.4) is 0 Å². The lowest BCUT2D eigenvalue weighted by atomic mass is 10.1. The highest BCUT2D eigenvalue weighted by molar-refractivity contribution is 7.85. The molecule has 1 atom stereocenters. The Morgan fingerprint density at radius 1 is 1.17 bits per heavy atom. The summed E-state index contributed by atoms with van der Waals surface area (Å²) >= 11 is 0. The van der Waals surface area contributed by atoms with Crippen molar-refractivity contribution >= 4 is 16.7 Å². The van der Waals surface area contributed by atoms with E-state index in [9.17, 15) is 17.4 Å². The third-order valence-electron chi connectivity index (χ3n) is 2.86. The van der Waals surface area contributed by atoms with Crippen LogP contribution in [-0.2, 0) is 11.0 Å². The quantitative estimate of drug-likeness (QED) is 0.552. The molecular formula is C16H22F3NO2S. The molecule has 0 saturated heterocycles. The molecule has 1 aromatic carbocycles. The molecule has 1 aromatic rings. The van der Waals surface area contributed by atoms with E-state index in [4.69, 9.17) is 4.74 Å². The molecule has 0 aliphatic rings. The van der Waals surface area contributed by atoms with E-state index in [0.717, 1.165) is 12.8 Å². The SMILES string of the molecule is CCCCOc1ccc(C(=N[S@@](=O)C(C)(C)C)C(F)(F)F)cc1. The summed E-state index contributed by atoms with van der Waals surface area (Å²) in [6, 6.07) is 5.50. The van der Waals surface area contributed by atoms with Gasteiger partial charge in [0.2, 0.25) is 0 Å². The number of benzene rings is 1. The molecule has 0 aliphatic heterocycles. The van der Waals surface area contributed by atoms with E-state index in [-0.39, 0.29) is 5.56 Å².